The zero-order chi connectivity index (χ0) is 18.9. The Morgan fingerprint density at radius 1 is 1.19 bits per heavy atom. The van der Waals surface area contributed by atoms with Crippen molar-refractivity contribution >= 4 is 11.9 Å². The summed E-state index contributed by atoms with van der Waals surface area (Å²) >= 11 is 0. The fourth-order valence-electron chi connectivity index (χ4n) is 3.56. The smallest absolute Gasteiger partial charge is 0.317 e. The minimum absolute atomic E-state index is 0.00186. The van der Waals surface area contributed by atoms with Crippen LogP contribution in [0.3, 0.4) is 0 Å². The molecule has 2 aliphatic heterocycles. The molecule has 0 aliphatic carbocycles. The molecule has 2 saturated heterocycles. The van der Waals surface area contributed by atoms with Crippen LogP contribution in [0.25, 0.3) is 0 Å². The Kier molecular flexibility index (Phi) is 4.96. The van der Waals surface area contributed by atoms with Crippen LogP contribution in [-0.4, -0.2) is 75.2 Å². The quantitative estimate of drug-likeness (QED) is 0.814. The predicted octanol–water partition coefficient (Wildman–Crippen LogP) is 1.24. The van der Waals surface area contributed by atoms with Crippen LogP contribution in [0, 0.1) is 0 Å². The van der Waals surface area contributed by atoms with Crippen LogP contribution in [0.5, 0.6) is 0 Å². The first-order valence-corrected chi connectivity index (χ1v) is 9.16. The minimum Gasteiger partial charge on any atom is -0.371 e. The van der Waals surface area contributed by atoms with Crippen molar-refractivity contribution in [3.05, 3.63) is 18.2 Å². The van der Waals surface area contributed by atoms with Gasteiger partial charge in [0.05, 0.1) is 31.3 Å². The Balaban J connectivity index is 1.60. The molecule has 0 bridgehead atoms. The Hall–Kier alpha value is -2.09. The molecule has 0 aromatic carbocycles. The van der Waals surface area contributed by atoms with Gasteiger partial charge in [-0.05, 0) is 33.6 Å². The summed E-state index contributed by atoms with van der Waals surface area (Å²) < 4.78 is 7.82. The zero-order valence-corrected chi connectivity index (χ0v) is 16.1. The molecule has 1 N–H and O–H groups in total. The molecule has 2 aliphatic rings. The van der Waals surface area contributed by atoms with Crippen LogP contribution in [0.15, 0.2) is 12.5 Å². The van der Waals surface area contributed by atoms with E-state index in [0.29, 0.717) is 38.5 Å². The summed E-state index contributed by atoms with van der Waals surface area (Å²) in [6, 6.07) is -0.0476. The van der Waals surface area contributed by atoms with Gasteiger partial charge in [-0.15, -0.1) is 0 Å². The lowest BCUT2D eigenvalue weighted by atomic mass is 9.89. The summed E-state index contributed by atoms with van der Waals surface area (Å²) in [5.41, 5.74) is -0.0188. The largest absolute Gasteiger partial charge is 0.371 e. The third kappa shape index (κ3) is 4.00. The van der Waals surface area contributed by atoms with Gasteiger partial charge >= 0.3 is 6.03 Å². The second-order valence-electron chi connectivity index (χ2n) is 8.32. The summed E-state index contributed by atoms with van der Waals surface area (Å²) in [4.78, 5) is 32.8. The first kappa shape index (κ1) is 18.7. The number of carbonyl (C=O) groups is 2. The van der Waals surface area contributed by atoms with Crippen molar-refractivity contribution in [2.45, 2.75) is 44.8 Å². The minimum atomic E-state index is -0.350. The number of nitrogens with one attached hydrogen (secondary N) is 1. The number of amides is 3. The molecule has 8 heteroatoms. The van der Waals surface area contributed by atoms with Crippen molar-refractivity contribution in [1.82, 2.24) is 24.7 Å². The number of ether oxygens (including phenoxy) is 1. The summed E-state index contributed by atoms with van der Waals surface area (Å²) in [6.45, 7) is 8.88. The number of rotatable bonds is 1. The number of imidazole rings is 1. The first-order chi connectivity index (χ1) is 12.2. The van der Waals surface area contributed by atoms with Crippen molar-refractivity contribution in [1.29, 1.82) is 0 Å². The number of hydrogen-bond acceptors (Lipinski definition) is 4. The molecule has 2 fully saturated rings. The molecule has 3 rings (SSSR count). The summed E-state index contributed by atoms with van der Waals surface area (Å²) in [5, 5.41) is 3.02. The topological polar surface area (TPSA) is 79.7 Å². The lowest BCUT2D eigenvalue weighted by molar-refractivity contribution is -0.122. The summed E-state index contributed by atoms with van der Waals surface area (Å²) in [5.74, 6) is -0.00186. The molecular weight excluding hydrogens is 334 g/mol. The fraction of sp³-hybridized carbons (Fsp3) is 0.722. The Labute approximate surface area is 154 Å². The van der Waals surface area contributed by atoms with E-state index in [1.54, 1.807) is 17.1 Å². The van der Waals surface area contributed by atoms with Crippen LogP contribution in [0.2, 0.25) is 0 Å². The van der Waals surface area contributed by atoms with E-state index >= 15 is 0 Å². The molecule has 1 aromatic rings. The summed E-state index contributed by atoms with van der Waals surface area (Å²) in [6.07, 6.45) is 4.70. The van der Waals surface area contributed by atoms with Crippen LogP contribution in [-0.2, 0) is 11.8 Å². The monoisotopic (exact) mass is 363 g/mol. The van der Waals surface area contributed by atoms with E-state index in [-0.39, 0.29) is 23.1 Å². The van der Waals surface area contributed by atoms with Crippen LogP contribution in [0.4, 0.5) is 4.79 Å². The average Bonchev–Trinajstić information content (AvgIpc) is 2.99. The second kappa shape index (κ2) is 6.90. The van der Waals surface area contributed by atoms with Crippen molar-refractivity contribution < 1.29 is 14.3 Å². The highest BCUT2D eigenvalue weighted by atomic mass is 16.5. The molecule has 0 radical (unpaired) electrons. The van der Waals surface area contributed by atoms with Gasteiger partial charge in [-0.3, -0.25) is 4.79 Å². The number of hydrogen-bond donors (Lipinski definition) is 1. The number of urea groups is 1. The first-order valence-electron chi connectivity index (χ1n) is 9.16. The second-order valence-corrected chi connectivity index (χ2v) is 8.32. The van der Waals surface area contributed by atoms with Crippen molar-refractivity contribution in [3.8, 4) is 0 Å². The number of piperidine rings is 1. The molecule has 26 heavy (non-hydrogen) atoms. The van der Waals surface area contributed by atoms with Gasteiger partial charge < -0.3 is 24.4 Å². The van der Waals surface area contributed by atoms with Gasteiger partial charge in [-0.1, -0.05) is 0 Å². The van der Waals surface area contributed by atoms with E-state index in [9.17, 15) is 9.59 Å². The van der Waals surface area contributed by atoms with Gasteiger partial charge in [0, 0.05) is 32.2 Å². The van der Waals surface area contributed by atoms with E-state index in [0.717, 1.165) is 12.8 Å². The summed E-state index contributed by atoms with van der Waals surface area (Å²) in [7, 11) is 1.82. The molecular formula is C18H29N5O3. The number of aromatic nitrogens is 2. The molecule has 144 valence electrons. The molecule has 0 atom stereocenters. The maximum atomic E-state index is 12.6. The third-order valence-corrected chi connectivity index (χ3v) is 5.02. The zero-order valence-electron chi connectivity index (χ0n) is 16.1. The van der Waals surface area contributed by atoms with Gasteiger partial charge in [-0.25, -0.2) is 9.78 Å². The molecule has 1 spiro atoms. The van der Waals surface area contributed by atoms with Crippen molar-refractivity contribution in [2.24, 2.45) is 7.05 Å². The number of aryl methyl sites for hydroxylation is 1. The molecule has 1 aromatic heterocycles. The molecule has 8 nitrogen and oxygen atoms in total. The standard InChI is InChI=1S/C18H29N5O3/c1-17(2,3)20-16(25)23-9-10-26-18(12-23)5-7-22(8-6-18)15(24)14-11-19-13-21(14)4/h11,13H,5-10,12H2,1-4H3,(H,20,25). The molecule has 3 heterocycles. The van der Waals surface area contributed by atoms with Crippen LogP contribution >= 0.6 is 0 Å². The van der Waals surface area contributed by atoms with Gasteiger partial charge in [0.15, 0.2) is 0 Å². The number of nitrogens with zero attached hydrogens (tertiary/aromatic N) is 4. The number of likely N-dealkylation sites (tertiary alicyclic amines) is 1. The van der Waals surface area contributed by atoms with Crippen molar-refractivity contribution in [3.63, 3.8) is 0 Å². The van der Waals surface area contributed by atoms with Crippen LogP contribution < -0.4 is 5.32 Å². The number of carbonyl (C=O) groups excluding carboxylic acids is 2. The van der Waals surface area contributed by atoms with E-state index < -0.39 is 0 Å². The maximum Gasteiger partial charge on any atom is 0.317 e. The van der Waals surface area contributed by atoms with Gasteiger partial charge in [0.1, 0.15) is 5.69 Å². The highest BCUT2D eigenvalue weighted by molar-refractivity contribution is 5.92. The predicted molar refractivity (Wildman–Crippen MR) is 96.9 cm³/mol. The van der Waals surface area contributed by atoms with Gasteiger partial charge in [0.25, 0.3) is 5.91 Å². The van der Waals surface area contributed by atoms with E-state index in [1.165, 1.54) is 0 Å². The fourth-order valence-corrected chi connectivity index (χ4v) is 3.56. The Morgan fingerprint density at radius 2 is 1.88 bits per heavy atom. The molecule has 0 saturated carbocycles. The van der Waals surface area contributed by atoms with E-state index in [1.807, 2.05) is 37.6 Å². The Morgan fingerprint density at radius 3 is 2.46 bits per heavy atom. The van der Waals surface area contributed by atoms with Gasteiger partial charge in [-0.2, -0.15) is 0 Å². The van der Waals surface area contributed by atoms with Crippen molar-refractivity contribution in [2.75, 3.05) is 32.8 Å². The van der Waals surface area contributed by atoms with Gasteiger partial charge in [0.2, 0.25) is 0 Å². The Bertz CT molecular complexity index is 671. The lowest BCUT2D eigenvalue weighted by Gasteiger charge is -2.47. The normalized spacial score (nSPS) is 20.3. The molecule has 0 unspecified atom stereocenters. The third-order valence-electron chi connectivity index (χ3n) is 5.02. The average molecular weight is 363 g/mol. The molecule has 3 amide bonds. The lowest BCUT2D eigenvalue weighted by Crippen LogP contribution is -2.61. The highest BCUT2D eigenvalue weighted by Crippen LogP contribution is 2.31. The number of morpholine rings is 1. The highest BCUT2D eigenvalue weighted by Gasteiger charge is 2.42. The van der Waals surface area contributed by atoms with E-state index in [2.05, 4.69) is 10.3 Å². The SMILES string of the molecule is Cn1cncc1C(=O)N1CCC2(CC1)CN(C(=O)NC(C)(C)C)CCO2. The maximum absolute atomic E-state index is 12.6. The van der Waals surface area contributed by atoms with Crippen LogP contribution in [0.1, 0.15) is 44.1 Å². The van der Waals surface area contributed by atoms with E-state index in [4.69, 9.17) is 4.74 Å².